The van der Waals surface area contributed by atoms with Gasteiger partial charge < -0.3 is 9.88 Å². The van der Waals surface area contributed by atoms with Crippen molar-refractivity contribution in [2.24, 2.45) is 0 Å². The molecule has 0 aliphatic heterocycles. The zero-order valence-electron chi connectivity index (χ0n) is 11.5. The largest absolute Gasteiger partial charge is 0.311 e. The molecule has 1 heterocycles. The van der Waals surface area contributed by atoms with Gasteiger partial charge >= 0.3 is 0 Å². The predicted octanol–water partition coefficient (Wildman–Crippen LogP) is 2.55. The molecule has 1 fully saturated rings. The highest BCUT2D eigenvalue weighted by Gasteiger charge is 2.30. The normalized spacial score (nSPS) is 17.9. The molecule has 0 bridgehead atoms. The molecule has 0 saturated heterocycles. The van der Waals surface area contributed by atoms with E-state index in [2.05, 4.69) is 47.8 Å². The van der Waals surface area contributed by atoms with Crippen molar-refractivity contribution in [3.8, 4) is 0 Å². The lowest BCUT2D eigenvalue weighted by Crippen LogP contribution is -2.39. The fraction of sp³-hybridized carbons (Fsp3) is 0.846. The van der Waals surface area contributed by atoms with Crippen LogP contribution in [0.25, 0.3) is 0 Å². The van der Waals surface area contributed by atoms with Gasteiger partial charge in [-0.15, -0.1) is 10.2 Å². The van der Waals surface area contributed by atoms with Crippen LogP contribution in [0.4, 0.5) is 0 Å². The summed E-state index contributed by atoms with van der Waals surface area (Å²) in [6.07, 6.45) is 5.22. The maximum absolute atomic E-state index is 4.40. The zero-order chi connectivity index (χ0) is 12.5. The van der Waals surface area contributed by atoms with Crippen LogP contribution in [0.5, 0.6) is 0 Å². The average molecular weight is 236 g/mol. The summed E-state index contributed by atoms with van der Waals surface area (Å²) >= 11 is 0. The Morgan fingerprint density at radius 2 is 1.94 bits per heavy atom. The third kappa shape index (κ3) is 2.37. The van der Waals surface area contributed by atoms with Gasteiger partial charge in [-0.1, -0.05) is 19.8 Å². The molecule has 1 aliphatic rings. The van der Waals surface area contributed by atoms with Gasteiger partial charge in [-0.05, 0) is 40.2 Å². The van der Waals surface area contributed by atoms with Gasteiger partial charge in [-0.3, -0.25) is 0 Å². The number of nitrogens with zero attached hydrogens (tertiary/aromatic N) is 3. The molecule has 1 saturated carbocycles. The van der Waals surface area contributed by atoms with E-state index in [1.165, 1.54) is 25.7 Å². The molecular formula is C13H24N4. The van der Waals surface area contributed by atoms with Crippen LogP contribution in [0.2, 0.25) is 0 Å². The van der Waals surface area contributed by atoms with Gasteiger partial charge in [-0.25, -0.2) is 0 Å². The highest BCUT2D eigenvalue weighted by molar-refractivity contribution is 5.08. The standard InChI is InChI=1S/C13H24N4/c1-5-14-13(3,4)12-16-15-10(2)17(12)11-8-6-7-9-11/h11,14H,5-9H2,1-4H3. The van der Waals surface area contributed by atoms with Crippen LogP contribution >= 0.6 is 0 Å². The van der Waals surface area contributed by atoms with Gasteiger partial charge in [0.05, 0.1) is 5.54 Å². The maximum atomic E-state index is 4.40. The highest BCUT2D eigenvalue weighted by Crippen LogP contribution is 2.33. The molecule has 4 heteroatoms. The van der Waals surface area contributed by atoms with Crippen LogP contribution in [0.1, 0.15) is 64.1 Å². The van der Waals surface area contributed by atoms with Gasteiger partial charge in [0.25, 0.3) is 0 Å². The summed E-state index contributed by atoms with van der Waals surface area (Å²) in [6, 6.07) is 0.609. The van der Waals surface area contributed by atoms with Crippen molar-refractivity contribution in [1.82, 2.24) is 20.1 Å². The van der Waals surface area contributed by atoms with E-state index in [4.69, 9.17) is 0 Å². The van der Waals surface area contributed by atoms with Crippen LogP contribution in [-0.4, -0.2) is 21.3 Å². The summed E-state index contributed by atoms with van der Waals surface area (Å²) in [5, 5.41) is 12.2. The summed E-state index contributed by atoms with van der Waals surface area (Å²) in [6.45, 7) is 9.52. The van der Waals surface area contributed by atoms with E-state index < -0.39 is 0 Å². The lowest BCUT2D eigenvalue weighted by molar-refractivity contribution is 0.351. The van der Waals surface area contributed by atoms with Crippen LogP contribution < -0.4 is 5.32 Å². The fourth-order valence-corrected chi connectivity index (χ4v) is 2.92. The number of aryl methyl sites for hydroxylation is 1. The first kappa shape index (κ1) is 12.6. The smallest absolute Gasteiger partial charge is 0.153 e. The Balaban J connectivity index is 2.34. The molecule has 0 amide bonds. The van der Waals surface area contributed by atoms with Crippen molar-refractivity contribution in [2.45, 2.75) is 65.0 Å². The Kier molecular flexibility index (Phi) is 3.52. The molecular weight excluding hydrogens is 212 g/mol. The summed E-state index contributed by atoms with van der Waals surface area (Å²) in [4.78, 5) is 0. The molecule has 0 aromatic carbocycles. The van der Waals surface area contributed by atoms with Gasteiger partial charge in [0.15, 0.2) is 5.82 Å². The molecule has 96 valence electrons. The van der Waals surface area contributed by atoms with Crippen molar-refractivity contribution < 1.29 is 0 Å². The van der Waals surface area contributed by atoms with Crippen molar-refractivity contribution in [1.29, 1.82) is 0 Å². The maximum Gasteiger partial charge on any atom is 0.153 e. The third-order valence-corrected chi connectivity index (χ3v) is 3.73. The molecule has 2 rings (SSSR count). The van der Waals surface area contributed by atoms with Gasteiger partial charge in [0, 0.05) is 6.04 Å². The SMILES string of the molecule is CCNC(C)(C)c1nnc(C)n1C1CCCC1. The van der Waals surface area contributed by atoms with E-state index in [9.17, 15) is 0 Å². The molecule has 1 aliphatic carbocycles. The van der Waals surface area contributed by atoms with Crippen LogP contribution in [0.3, 0.4) is 0 Å². The molecule has 0 spiro atoms. The Hall–Kier alpha value is -0.900. The third-order valence-electron chi connectivity index (χ3n) is 3.73. The summed E-state index contributed by atoms with van der Waals surface area (Å²) in [5.41, 5.74) is -0.0986. The molecule has 0 unspecified atom stereocenters. The molecule has 1 aromatic heterocycles. The fourth-order valence-electron chi connectivity index (χ4n) is 2.92. The Labute approximate surface area is 104 Å². The van der Waals surface area contributed by atoms with Crippen molar-refractivity contribution >= 4 is 0 Å². The molecule has 1 N–H and O–H groups in total. The monoisotopic (exact) mass is 236 g/mol. The van der Waals surface area contributed by atoms with Crippen molar-refractivity contribution in [2.75, 3.05) is 6.54 Å². The van der Waals surface area contributed by atoms with Crippen LogP contribution in [0.15, 0.2) is 0 Å². The topological polar surface area (TPSA) is 42.7 Å². The zero-order valence-corrected chi connectivity index (χ0v) is 11.5. The van der Waals surface area contributed by atoms with Crippen molar-refractivity contribution in [3.05, 3.63) is 11.6 Å². The van der Waals surface area contributed by atoms with Crippen LogP contribution in [-0.2, 0) is 5.54 Å². The minimum absolute atomic E-state index is 0.0986. The lowest BCUT2D eigenvalue weighted by Gasteiger charge is -2.28. The second kappa shape index (κ2) is 4.77. The van der Waals surface area contributed by atoms with E-state index in [0.29, 0.717) is 6.04 Å². The van der Waals surface area contributed by atoms with Gasteiger partial charge in [0.2, 0.25) is 0 Å². The minimum atomic E-state index is -0.0986. The predicted molar refractivity (Wildman–Crippen MR) is 69.0 cm³/mol. The van der Waals surface area contributed by atoms with Gasteiger partial charge in [-0.2, -0.15) is 0 Å². The lowest BCUT2D eigenvalue weighted by atomic mass is 10.0. The number of nitrogens with one attached hydrogen (secondary N) is 1. The molecule has 17 heavy (non-hydrogen) atoms. The van der Waals surface area contributed by atoms with E-state index >= 15 is 0 Å². The number of hydrogen-bond acceptors (Lipinski definition) is 3. The summed E-state index contributed by atoms with van der Waals surface area (Å²) in [7, 11) is 0. The van der Waals surface area contributed by atoms with E-state index in [0.717, 1.165) is 18.2 Å². The van der Waals surface area contributed by atoms with E-state index in [1.807, 2.05) is 0 Å². The Bertz CT molecular complexity index is 375. The molecule has 4 nitrogen and oxygen atoms in total. The second-order valence-corrected chi connectivity index (χ2v) is 5.53. The summed E-state index contributed by atoms with van der Waals surface area (Å²) in [5.74, 6) is 2.14. The highest BCUT2D eigenvalue weighted by atomic mass is 15.3. The number of hydrogen-bond donors (Lipinski definition) is 1. The molecule has 0 atom stereocenters. The number of aromatic nitrogens is 3. The quantitative estimate of drug-likeness (QED) is 0.873. The van der Waals surface area contributed by atoms with Crippen LogP contribution in [0, 0.1) is 6.92 Å². The number of rotatable bonds is 4. The first-order valence-electron chi connectivity index (χ1n) is 6.73. The first-order valence-corrected chi connectivity index (χ1v) is 6.73. The summed E-state index contributed by atoms with van der Waals surface area (Å²) < 4.78 is 2.36. The Morgan fingerprint density at radius 1 is 1.29 bits per heavy atom. The first-order chi connectivity index (χ1) is 8.06. The second-order valence-electron chi connectivity index (χ2n) is 5.53. The molecule has 1 aromatic rings. The average Bonchev–Trinajstić information content (AvgIpc) is 2.85. The minimum Gasteiger partial charge on any atom is -0.311 e. The van der Waals surface area contributed by atoms with E-state index in [1.54, 1.807) is 0 Å². The van der Waals surface area contributed by atoms with Crippen molar-refractivity contribution in [3.63, 3.8) is 0 Å². The Morgan fingerprint density at radius 3 is 2.53 bits per heavy atom. The van der Waals surface area contributed by atoms with E-state index in [-0.39, 0.29) is 5.54 Å². The van der Waals surface area contributed by atoms with Gasteiger partial charge in [0.1, 0.15) is 5.82 Å². The molecule has 0 radical (unpaired) electrons.